The van der Waals surface area contributed by atoms with Crippen molar-refractivity contribution in [1.82, 2.24) is 24.8 Å². The highest BCUT2D eigenvalue weighted by atomic mass is 32.1. The second-order valence-corrected chi connectivity index (χ2v) is 10.0. The van der Waals surface area contributed by atoms with Crippen LogP contribution in [0, 0.1) is 19.8 Å². The first-order valence-electron chi connectivity index (χ1n) is 11.1. The van der Waals surface area contributed by atoms with E-state index in [1.54, 1.807) is 0 Å². The molecule has 0 spiro atoms. The van der Waals surface area contributed by atoms with Crippen LogP contribution in [0.4, 0.5) is 0 Å². The van der Waals surface area contributed by atoms with Gasteiger partial charge in [-0.1, -0.05) is 0 Å². The van der Waals surface area contributed by atoms with Crippen molar-refractivity contribution in [2.24, 2.45) is 5.92 Å². The van der Waals surface area contributed by atoms with Crippen LogP contribution in [0.3, 0.4) is 0 Å². The van der Waals surface area contributed by atoms with Gasteiger partial charge in [0.2, 0.25) is 5.91 Å². The van der Waals surface area contributed by atoms with Gasteiger partial charge in [0, 0.05) is 24.6 Å². The smallest absolute Gasteiger partial charge is 0.266 e. The minimum atomic E-state index is -0.268. The first-order chi connectivity index (χ1) is 14.9. The third-order valence-electron chi connectivity index (χ3n) is 6.51. The lowest BCUT2D eigenvalue weighted by molar-refractivity contribution is -0.133. The number of fused-ring (bicyclic) bond motifs is 1. The molecule has 1 unspecified atom stereocenters. The molecule has 5 rings (SSSR count). The zero-order valence-corrected chi connectivity index (χ0v) is 18.8. The lowest BCUT2D eigenvalue weighted by Crippen LogP contribution is -2.42. The van der Waals surface area contributed by atoms with Gasteiger partial charge < -0.3 is 14.8 Å². The Morgan fingerprint density at radius 3 is 2.61 bits per heavy atom. The molecule has 1 saturated heterocycles. The van der Waals surface area contributed by atoms with Crippen molar-refractivity contribution in [2.45, 2.75) is 65.0 Å². The molecular weight excluding hydrogens is 414 g/mol. The van der Waals surface area contributed by atoms with Crippen LogP contribution in [0.1, 0.15) is 75.6 Å². The Hall–Kier alpha value is -2.55. The van der Waals surface area contributed by atoms with E-state index in [0.717, 1.165) is 42.8 Å². The van der Waals surface area contributed by atoms with E-state index < -0.39 is 0 Å². The minimum absolute atomic E-state index is 0.0429. The number of H-pyrrole nitrogens is 1. The summed E-state index contributed by atoms with van der Waals surface area (Å²) in [6, 6.07) is -0.268. The van der Waals surface area contributed by atoms with Gasteiger partial charge in [0.25, 0.3) is 11.5 Å². The van der Waals surface area contributed by atoms with Gasteiger partial charge in [0.1, 0.15) is 10.7 Å². The number of thiazole rings is 1. The van der Waals surface area contributed by atoms with Crippen LogP contribution in [0.2, 0.25) is 0 Å². The number of nitrogens with zero attached hydrogens (tertiary/aromatic N) is 4. The fourth-order valence-electron chi connectivity index (χ4n) is 4.71. The lowest BCUT2D eigenvalue weighted by Gasteiger charge is -2.35. The van der Waals surface area contributed by atoms with E-state index in [4.69, 9.17) is 4.98 Å². The number of aromatic nitrogens is 3. The van der Waals surface area contributed by atoms with Crippen molar-refractivity contribution >= 4 is 23.2 Å². The molecule has 0 aromatic carbocycles. The van der Waals surface area contributed by atoms with Crippen LogP contribution in [0.25, 0.3) is 0 Å². The van der Waals surface area contributed by atoms with Crippen molar-refractivity contribution in [3.8, 4) is 0 Å². The van der Waals surface area contributed by atoms with E-state index >= 15 is 0 Å². The predicted octanol–water partition coefficient (Wildman–Crippen LogP) is 2.51. The number of piperidine rings is 1. The van der Waals surface area contributed by atoms with E-state index in [2.05, 4.69) is 9.97 Å². The van der Waals surface area contributed by atoms with E-state index in [9.17, 15) is 14.4 Å². The van der Waals surface area contributed by atoms with Crippen molar-refractivity contribution < 1.29 is 9.59 Å². The Labute approximate surface area is 184 Å². The van der Waals surface area contributed by atoms with E-state index in [1.807, 2.05) is 23.6 Å². The average Bonchev–Trinajstić information content (AvgIpc) is 3.56. The van der Waals surface area contributed by atoms with E-state index in [1.165, 1.54) is 11.3 Å². The molecule has 2 aromatic heterocycles. The molecule has 2 amide bonds. The van der Waals surface area contributed by atoms with Crippen LogP contribution < -0.4 is 5.56 Å². The predicted molar refractivity (Wildman–Crippen MR) is 116 cm³/mol. The molecule has 164 valence electrons. The molecule has 2 fully saturated rings. The maximum Gasteiger partial charge on any atom is 0.266 e. The number of carbonyl (C=O) groups is 2. The summed E-state index contributed by atoms with van der Waals surface area (Å²) < 4.78 is 0. The molecule has 2 aliphatic heterocycles. The molecule has 8 nitrogen and oxygen atoms in total. The van der Waals surface area contributed by atoms with Gasteiger partial charge in [-0.05, 0) is 52.4 Å². The second-order valence-electron chi connectivity index (χ2n) is 8.82. The Bertz CT molecular complexity index is 1100. The van der Waals surface area contributed by atoms with Gasteiger partial charge in [-0.15, -0.1) is 11.3 Å². The maximum atomic E-state index is 13.3. The zero-order valence-electron chi connectivity index (χ0n) is 17.9. The first-order valence-corrected chi connectivity index (χ1v) is 11.9. The van der Waals surface area contributed by atoms with Crippen LogP contribution >= 0.6 is 11.3 Å². The van der Waals surface area contributed by atoms with Gasteiger partial charge in [-0.2, -0.15) is 0 Å². The quantitative estimate of drug-likeness (QED) is 0.789. The van der Waals surface area contributed by atoms with Crippen LogP contribution in [0.15, 0.2) is 4.79 Å². The van der Waals surface area contributed by atoms with E-state index in [0.29, 0.717) is 48.0 Å². The van der Waals surface area contributed by atoms with Gasteiger partial charge in [0.15, 0.2) is 0 Å². The van der Waals surface area contributed by atoms with Gasteiger partial charge in [-0.25, -0.2) is 9.97 Å². The number of rotatable bonds is 3. The van der Waals surface area contributed by atoms with Crippen molar-refractivity contribution in [1.29, 1.82) is 0 Å². The molecule has 1 aliphatic carbocycles. The SMILES string of the molecule is Cc1nc(C)c(C(=O)N2CCCCC2c2nc3c(c(=O)[nH]2)CCN(C(=O)C2CC2)C3)s1. The highest BCUT2D eigenvalue weighted by Crippen LogP contribution is 2.34. The number of likely N-dealkylation sites (tertiary alicyclic amines) is 1. The fraction of sp³-hybridized carbons (Fsp3) is 0.591. The number of hydrogen-bond acceptors (Lipinski definition) is 6. The summed E-state index contributed by atoms with van der Waals surface area (Å²) in [6.07, 6.45) is 5.12. The first kappa shape index (κ1) is 20.4. The summed E-state index contributed by atoms with van der Waals surface area (Å²) in [5, 5.41) is 0.871. The molecule has 31 heavy (non-hydrogen) atoms. The van der Waals surface area contributed by atoms with Gasteiger partial charge in [-0.3, -0.25) is 14.4 Å². The number of aromatic amines is 1. The summed E-state index contributed by atoms with van der Waals surface area (Å²) in [6.45, 7) is 5.35. The topological polar surface area (TPSA) is 99.3 Å². The molecule has 1 atom stereocenters. The second kappa shape index (κ2) is 7.85. The van der Waals surface area contributed by atoms with Crippen LogP contribution in [0.5, 0.6) is 0 Å². The summed E-state index contributed by atoms with van der Waals surface area (Å²) >= 11 is 1.41. The highest BCUT2D eigenvalue weighted by Gasteiger charge is 2.37. The highest BCUT2D eigenvalue weighted by molar-refractivity contribution is 7.13. The largest absolute Gasteiger partial charge is 0.336 e. The summed E-state index contributed by atoms with van der Waals surface area (Å²) in [7, 11) is 0. The maximum absolute atomic E-state index is 13.3. The van der Waals surface area contributed by atoms with Crippen molar-refractivity contribution in [3.05, 3.63) is 43.0 Å². The third kappa shape index (κ3) is 3.79. The number of amides is 2. The van der Waals surface area contributed by atoms with Gasteiger partial charge >= 0.3 is 0 Å². The van der Waals surface area contributed by atoms with E-state index in [-0.39, 0.29) is 29.3 Å². The standard InChI is InChI=1S/C22H27N5O3S/c1-12-18(31-13(2)23-12)22(30)27-9-4-3-5-17(27)19-24-16-11-26(21(29)14-6-7-14)10-8-15(16)20(28)25-19/h14,17H,3-11H2,1-2H3,(H,24,25,28). The third-order valence-corrected chi connectivity index (χ3v) is 7.57. The van der Waals surface area contributed by atoms with Crippen LogP contribution in [-0.2, 0) is 17.8 Å². The average molecular weight is 442 g/mol. The number of hydrogen-bond donors (Lipinski definition) is 1. The molecule has 1 N–H and O–H groups in total. The van der Waals surface area contributed by atoms with Crippen molar-refractivity contribution in [2.75, 3.05) is 13.1 Å². The molecule has 0 radical (unpaired) electrons. The lowest BCUT2D eigenvalue weighted by atomic mass is 9.99. The Kier molecular flexibility index (Phi) is 5.16. The molecule has 1 saturated carbocycles. The molecule has 3 aliphatic rings. The summed E-state index contributed by atoms with van der Waals surface area (Å²) in [5.74, 6) is 0.829. The number of nitrogens with one attached hydrogen (secondary N) is 1. The summed E-state index contributed by atoms with van der Waals surface area (Å²) in [5.41, 5.74) is 1.97. The zero-order chi connectivity index (χ0) is 21.7. The normalized spacial score (nSPS) is 21.2. The Morgan fingerprint density at radius 1 is 1.10 bits per heavy atom. The molecule has 2 aromatic rings. The molecule has 4 heterocycles. The molecule has 0 bridgehead atoms. The monoisotopic (exact) mass is 441 g/mol. The van der Waals surface area contributed by atoms with Crippen molar-refractivity contribution in [3.63, 3.8) is 0 Å². The Morgan fingerprint density at radius 2 is 1.90 bits per heavy atom. The Balaban J connectivity index is 1.45. The van der Waals surface area contributed by atoms with Gasteiger partial charge in [0.05, 0.1) is 29.0 Å². The number of aryl methyl sites for hydroxylation is 2. The van der Waals surface area contributed by atoms with Crippen LogP contribution in [-0.4, -0.2) is 49.7 Å². The molecular formula is C22H27N5O3S. The number of carbonyl (C=O) groups excluding carboxylic acids is 2. The minimum Gasteiger partial charge on any atom is -0.336 e. The summed E-state index contributed by atoms with van der Waals surface area (Å²) in [4.78, 5) is 55.2. The fourth-order valence-corrected chi connectivity index (χ4v) is 5.59. The molecule has 9 heteroatoms.